The summed E-state index contributed by atoms with van der Waals surface area (Å²) in [6.07, 6.45) is 0.979. The zero-order valence-corrected chi connectivity index (χ0v) is 15.2. The van der Waals surface area contributed by atoms with Gasteiger partial charge in [0.2, 0.25) is 0 Å². The second-order valence-electron chi connectivity index (χ2n) is 4.48. The maximum absolute atomic E-state index is 10.6. The average Bonchev–Trinajstić information content (AvgIpc) is 2.70. The summed E-state index contributed by atoms with van der Waals surface area (Å²) < 4.78 is 4.46. The smallest absolute Gasteiger partial charge is 0.123 e. The summed E-state index contributed by atoms with van der Waals surface area (Å²) in [4.78, 5) is 0. The number of hydrogen-bond acceptors (Lipinski definition) is 2. The van der Waals surface area contributed by atoms with Crippen molar-refractivity contribution < 1.29 is 5.11 Å². The Labute approximate surface area is 137 Å². The quantitative estimate of drug-likeness (QED) is 0.724. The number of aromatic nitrogens is 2. The standard InChI is InChI=1S/C13H13Br3N2O/c1-7(2)18-12(11(16)6-17-18)13(19)9-4-3-8(14)5-10(9)15/h3-7,13,19H,1-2H3. The van der Waals surface area contributed by atoms with Crippen LogP contribution < -0.4 is 0 Å². The molecule has 3 nitrogen and oxygen atoms in total. The maximum atomic E-state index is 10.6. The van der Waals surface area contributed by atoms with Crippen molar-refractivity contribution in [3.63, 3.8) is 0 Å². The van der Waals surface area contributed by atoms with E-state index in [9.17, 15) is 5.11 Å². The minimum atomic E-state index is -0.734. The molecule has 1 unspecified atom stereocenters. The minimum absolute atomic E-state index is 0.185. The molecule has 0 aliphatic carbocycles. The number of aliphatic hydroxyl groups excluding tert-OH is 1. The summed E-state index contributed by atoms with van der Waals surface area (Å²) in [5.74, 6) is 0. The first-order valence-corrected chi connectivity index (χ1v) is 8.15. The third-order valence-electron chi connectivity index (χ3n) is 2.79. The zero-order valence-electron chi connectivity index (χ0n) is 10.4. The third kappa shape index (κ3) is 3.12. The molecule has 0 saturated heterocycles. The molecule has 0 amide bonds. The van der Waals surface area contributed by atoms with Crippen molar-refractivity contribution in [2.24, 2.45) is 0 Å². The number of halogens is 3. The van der Waals surface area contributed by atoms with Crippen LogP contribution in [0.25, 0.3) is 0 Å². The first kappa shape index (κ1) is 15.2. The van der Waals surface area contributed by atoms with Gasteiger partial charge in [-0.3, -0.25) is 4.68 Å². The summed E-state index contributed by atoms with van der Waals surface area (Å²) in [6, 6.07) is 5.91. The molecule has 102 valence electrons. The number of benzene rings is 1. The molecule has 0 aliphatic rings. The lowest BCUT2D eigenvalue weighted by atomic mass is 10.1. The van der Waals surface area contributed by atoms with E-state index in [0.29, 0.717) is 0 Å². The van der Waals surface area contributed by atoms with Crippen molar-refractivity contribution in [2.75, 3.05) is 0 Å². The first-order chi connectivity index (χ1) is 8.91. The van der Waals surface area contributed by atoms with Crippen molar-refractivity contribution in [1.29, 1.82) is 0 Å². The number of aliphatic hydroxyl groups is 1. The second-order valence-corrected chi connectivity index (χ2v) is 7.11. The lowest BCUT2D eigenvalue weighted by Gasteiger charge is -2.18. The molecule has 1 aromatic heterocycles. The summed E-state index contributed by atoms with van der Waals surface area (Å²) in [5.41, 5.74) is 1.57. The SMILES string of the molecule is CC(C)n1ncc(Br)c1C(O)c1ccc(Br)cc1Br. The van der Waals surface area contributed by atoms with E-state index in [4.69, 9.17) is 0 Å². The Morgan fingerprint density at radius 2 is 1.84 bits per heavy atom. The molecule has 0 bridgehead atoms. The van der Waals surface area contributed by atoms with Crippen LogP contribution in [0.4, 0.5) is 0 Å². The number of nitrogens with zero attached hydrogens (tertiary/aromatic N) is 2. The van der Waals surface area contributed by atoms with Crippen LogP contribution in [-0.2, 0) is 0 Å². The van der Waals surface area contributed by atoms with E-state index in [1.54, 1.807) is 6.20 Å². The molecule has 0 saturated carbocycles. The van der Waals surface area contributed by atoms with Gasteiger partial charge in [0.15, 0.2) is 0 Å². The fourth-order valence-corrected chi connectivity index (χ4v) is 3.64. The Morgan fingerprint density at radius 3 is 2.42 bits per heavy atom. The van der Waals surface area contributed by atoms with Crippen molar-refractivity contribution in [1.82, 2.24) is 9.78 Å². The van der Waals surface area contributed by atoms with Gasteiger partial charge in [0, 0.05) is 20.6 Å². The van der Waals surface area contributed by atoms with Gasteiger partial charge in [-0.05, 0) is 41.9 Å². The predicted molar refractivity (Wildman–Crippen MR) is 86.2 cm³/mol. The second kappa shape index (κ2) is 6.08. The fourth-order valence-electron chi connectivity index (χ4n) is 1.89. The minimum Gasteiger partial charge on any atom is -0.382 e. The van der Waals surface area contributed by atoms with Crippen LogP contribution in [0.5, 0.6) is 0 Å². The van der Waals surface area contributed by atoms with Crippen LogP contribution in [0.3, 0.4) is 0 Å². The molecule has 0 aliphatic heterocycles. The Balaban J connectivity index is 2.49. The molecule has 0 radical (unpaired) electrons. The van der Waals surface area contributed by atoms with Gasteiger partial charge >= 0.3 is 0 Å². The van der Waals surface area contributed by atoms with E-state index in [2.05, 4.69) is 52.9 Å². The summed E-state index contributed by atoms with van der Waals surface area (Å²) in [6.45, 7) is 4.07. The molecule has 1 aromatic carbocycles. The Kier molecular flexibility index (Phi) is 4.87. The van der Waals surface area contributed by atoms with Gasteiger partial charge in [0.05, 0.1) is 16.4 Å². The van der Waals surface area contributed by atoms with Crippen LogP contribution in [0, 0.1) is 0 Å². The largest absolute Gasteiger partial charge is 0.382 e. The van der Waals surface area contributed by atoms with E-state index in [1.165, 1.54) is 0 Å². The summed E-state index contributed by atoms with van der Waals surface area (Å²) >= 11 is 10.3. The molecule has 6 heteroatoms. The topological polar surface area (TPSA) is 38.0 Å². The van der Waals surface area contributed by atoms with E-state index < -0.39 is 6.10 Å². The normalized spacial score (nSPS) is 13.0. The van der Waals surface area contributed by atoms with Gasteiger partial charge in [0.25, 0.3) is 0 Å². The van der Waals surface area contributed by atoms with E-state index >= 15 is 0 Å². The van der Waals surface area contributed by atoms with E-state index in [0.717, 1.165) is 24.7 Å². The van der Waals surface area contributed by atoms with Crippen LogP contribution in [-0.4, -0.2) is 14.9 Å². The molecular formula is C13H13Br3N2O. The van der Waals surface area contributed by atoms with Gasteiger partial charge in [0.1, 0.15) is 6.10 Å². The van der Waals surface area contributed by atoms with Gasteiger partial charge in [-0.15, -0.1) is 0 Å². The van der Waals surface area contributed by atoms with Crippen LogP contribution in [0.15, 0.2) is 37.8 Å². The molecule has 19 heavy (non-hydrogen) atoms. The van der Waals surface area contributed by atoms with Crippen molar-refractivity contribution >= 4 is 47.8 Å². The number of hydrogen-bond donors (Lipinski definition) is 1. The molecule has 2 aromatic rings. The lowest BCUT2D eigenvalue weighted by molar-refractivity contribution is 0.203. The molecule has 1 heterocycles. The average molecular weight is 453 g/mol. The lowest BCUT2D eigenvalue weighted by Crippen LogP contribution is -2.13. The Bertz CT molecular complexity index is 596. The van der Waals surface area contributed by atoms with Crippen molar-refractivity contribution in [3.8, 4) is 0 Å². The Morgan fingerprint density at radius 1 is 1.16 bits per heavy atom. The molecule has 0 fully saturated rings. The molecule has 2 rings (SSSR count). The summed E-state index contributed by atoms with van der Waals surface area (Å²) in [5, 5.41) is 14.9. The van der Waals surface area contributed by atoms with Crippen LogP contribution >= 0.6 is 47.8 Å². The van der Waals surface area contributed by atoms with Crippen LogP contribution in [0.2, 0.25) is 0 Å². The molecule has 1 atom stereocenters. The Hall–Kier alpha value is -0.170. The highest BCUT2D eigenvalue weighted by Crippen LogP contribution is 2.34. The molecule has 0 spiro atoms. The van der Waals surface area contributed by atoms with Crippen LogP contribution in [0.1, 0.15) is 37.3 Å². The monoisotopic (exact) mass is 450 g/mol. The molecular weight excluding hydrogens is 440 g/mol. The van der Waals surface area contributed by atoms with E-state index in [1.807, 2.05) is 36.7 Å². The highest BCUT2D eigenvalue weighted by Gasteiger charge is 2.22. The summed E-state index contributed by atoms with van der Waals surface area (Å²) in [7, 11) is 0. The zero-order chi connectivity index (χ0) is 14.2. The maximum Gasteiger partial charge on any atom is 0.123 e. The molecule has 1 N–H and O–H groups in total. The predicted octanol–water partition coefficient (Wildman–Crippen LogP) is 4.83. The highest BCUT2D eigenvalue weighted by molar-refractivity contribution is 9.11. The fraction of sp³-hybridized carbons (Fsp3) is 0.308. The van der Waals surface area contributed by atoms with Crippen molar-refractivity contribution in [3.05, 3.63) is 49.1 Å². The van der Waals surface area contributed by atoms with Gasteiger partial charge in [-0.1, -0.05) is 37.9 Å². The van der Waals surface area contributed by atoms with Gasteiger partial charge in [-0.2, -0.15) is 5.10 Å². The van der Waals surface area contributed by atoms with Gasteiger partial charge in [-0.25, -0.2) is 0 Å². The first-order valence-electron chi connectivity index (χ1n) is 5.77. The van der Waals surface area contributed by atoms with Crippen molar-refractivity contribution in [2.45, 2.75) is 26.0 Å². The van der Waals surface area contributed by atoms with Gasteiger partial charge < -0.3 is 5.11 Å². The third-order valence-corrected chi connectivity index (χ3v) is 4.58. The van der Waals surface area contributed by atoms with E-state index in [-0.39, 0.29) is 6.04 Å². The number of rotatable bonds is 3. The highest BCUT2D eigenvalue weighted by atomic mass is 79.9.